The van der Waals surface area contributed by atoms with Gasteiger partial charge in [0.1, 0.15) is 18.4 Å². The molecule has 0 aliphatic carbocycles. The number of hydrogen-bond donors (Lipinski definition) is 1. The topological polar surface area (TPSA) is 86.8 Å². The molecule has 242 valence electrons. The first kappa shape index (κ1) is 35.2. The van der Waals surface area contributed by atoms with E-state index in [1.54, 1.807) is 36.4 Å². The lowest BCUT2D eigenvalue weighted by Gasteiger charge is -2.35. The van der Waals surface area contributed by atoms with Crippen LogP contribution in [0.1, 0.15) is 31.9 Å². The van der Waals surface area contributed by atoms with Crippen molar-refractivity contribution in [1.82, 2.24) is 10.2 Å². The van der Waals surface area contributed by atoms with Crippen molar-refractivity contribution in [1.29, 1.82) is 0 Å². The van der Waals surface area contributed by atoms with E-state index in [0.29, 0.717) is 10.6 Å². The van der Waals surface area contributed by atoms with E-state index in [4.69, 9.17) is 34.8 Å². The number of halogens is 4. The number of benzene rings is 4. The normalized spacial score (nSPS) is 12.3. The minimum absolute atomic E-state index is 0.0307. The molecule has 1 atom stereocenters. The number of anilines is 1. The van der Waals surface area contributed by atoms with Gasteiger partial charge in [-0.05, 0) is 74.4 Å². The summed E-state index contributed by atoms with van der Waals surface area (Å²) in [6.07, 6.45) is 0.129. The van der Waals surface area contributed by atoms with Gasteiger partial charge in [0, 0.05) is 18.5 Å². The van der Waals surface area contributed by atoms with Crippen molar-refractivity contribution < 1.29 is 22.4 Å². The predicted octanol–water partition coefficient (Wildman–Crippen LogP) is 7.54. The van der Waals surface area contributed by atoms with Gasteiger partial charge in [-0.3, -0.25) is 13.9 Å². The van der Waals surface area contributed by atoms with Crippen molar-refractivity contribution in [2.75, 3.05) is 10.8 Å². The molecular weight excluding hydrogens is 672 g/mol. The molecule has 0 fully saturated rings. The molecule has 0 aromatic heterocycles. The summed E-state index contributed by atoms with van der Waals surface area (Å²) in [5, 5.41) is 3.20. The number of carbonyl (C=O) groups is 2. The number of nitrogens with one attached hydrogen (secondary N) is 1. The lowest BCUT2D eigenvalue weighted by molar-refractivity contribution is -0.140. The molecule has 1 N–H and O–H groups in total. The highest BCUT2D eigenvalue weighted by Gasteiger charge is 2.36. The van der Waals surface area contributed by atoms with Gasteiger partial charge in [0.15, 0.2) is 0 Å². The molecule has 0 saturated heterocycles. The minimum Gasteiger partial charge on any atom is -0.350 e. The minimum atomic E-state index is -4.37. The second kappa shape index (κ2) is 14.9. The average Bonchev–Trinajstić information content (AvgIpc) is 3.00. The maximum atomic E-state index is 14.5. The molecule has 4 aromatic rings. The Morgan fingerprint density at radius 1 is 0.804 bits per heavy atom. The number of rotatable bonds is 11. The number of nitrogens with zero attached hydrogens (tertiary/aromatic N) is 2. The summed E-state index contributed by atoms with van der Waals surface area (Å²) < 4.78 is 43.1. The van der Waals surface area contributed by atoms with Gasteiger partial charge in [-0.1, -0.05) is 89.4 Å². The Hall–Kier alpha value is -3.63. The third-order valence-electron chi connectivity index (χ3n) is 6.91. The zero-order valence-corrected chi connectivity index (χ0v) is 28.5. The molecular formula is C34H33Cl3FN3O4S. The van der Waals surface area contributed by atoms with Gasteiger partial charge in [-0.2, -0.15) is 0 Å². The van der Waals surface area contributed by atoms with Crippen molar-refractivity contribution in [2.24, 2.45) is 0 Å². The Bertz CT molecular complexity index is 1800. The Morgan fingerprint density at radius 3 is 2.02 bits per heavy atom. The van der Waals surface area contributed by atoms with Crippen molar-refractivity contribution in [3.05, 3.63) is 129 Å². The standard InChI is InChI=1S/C34H33Cl3FN3O4S/c1-34(2,3)39-33(43)31(19-23-10-6-4-7-11-23)40(21-24-14-16-27(35)28(36)18-24)32(42)22-41(25-15-17-30(38)29(37)20-25)46(44,45)26-12-8-5-9-13-26/h4-18,20,31H,19,21-22H2,1-3H3,(H,39,43)/t31-/m0/s1. The number of carbonyl (C=O) groups excluding carboxylic acids is 2. The molecule has 0 radical (unpaired) electrons. The first-order chi connectivity index (χ1) is 21.7. The summed E-state index contributed by atoms with van der Waals surface area (Å²) in [6, 6.07) is 23.9. The lowest BCUT2D eigenvalue weighted by Crippen LogP contribution is -2.56. The van der Waals surface area contributed by atoms with Gasteiger partial charge < -0.3 is 10.2 Å². The molecule has 7 nitrogen and oxygen atoms in total. The van der Waals surface area contributed by atoms with E-state index in [0.717, 1.165) is 22.0 Å². The second-order valence-corrected chi connectivity index (χ2v) is 14.7. The maximum absolute atomic E-state index is 14.5. The Morgan fingerprint density at radius 2 is 1.43 bits per heavy atom. The number of sulfonamides is 1. The SMILES string of the molecule is CC(C)(C)NC(=O)[C@H](Cc1ccccc1)N(Cc1ccc(Cl)c(Cl)c1)C(=O)CN(c1ccc(F)c(Cl)c1)S(=O)(=O)c1ccccc1. The Kier molecular flexibility index (Phi) is 11.4. The van der Waals surface area contributed by atoms with Crippen LogP contribution in [0.4, 0.5) is 10.1 Å². The number of hydrogen-bond acceptors (Lipinski definition) is 4. The highest BCUT2D eigenvalue weighted by Crippen LogP contribution is 2.29. The van der Waals surface area contributed by atoms with Gasteiger partial charge >= 0.3 is 0 Å². The summed E-state index contributed by atoms with van der Waals surface area (Å²) >= 11 is 18.5. The summed E-state index contributed by atoms with van der Waals surface area (Å²) in [5.41, 5.74) is 0.670. The smallest absolute Gasteiger partial charge is 0.264 e. The van der Waals surface area contributed by atoms with Gasteiger partial charge in [0.05, 0.1) is 25.7 Å². The third kappa shape index (κ3) is 9.00. The van der Waals surface area contributed by atoms with Crippen LogP contribution in [-0.2, 0) is 32.6 Å². The molecule has 0 aliphatic heterocycles. The molecule has 2 amide bonds. The van der Waals surface area contributed by atoms with Crippen molar-refractivity contribution in [2.45, 2.75) is 50.2 Å². The summed E-state index contributed by atoms with van der Waals surface area (Å²) in [7, 11) is -4.37. The van der Waals surface area contributed by atoms with Crippen LogP contribution >= 0.6 is 34.8 Å². The second-order valence-electron chi connectivity index (χ2n) is 11.6. The molecule has 4 aromatic carbocycles. The van der Waals surface area contributed by atoms with Crippen LogP contribution in [-0.4, -0.2) is 43.3 Å². The van der Waals surface area contributed by atoms with Crippen LogP contribution in [0.25, 0.3) is 0 Å². The zero-order chi connectivity index (χ0) is 33.6. The van der Waals surface area contributed by atoms with Crippen LogP contribution < -0.4 is 9.62 Å². The summed E-state index contributed by atoms with van der Waals surface area (Å²) in [6.45, 7) is 4.63. The van der Waals surface area contributed by atoms with Gasteiger partial charge in [-0.15, -0.1) is 0 Å². The van der Waals surface area contributed by atoms with E-state index >= 15 is 0 Å². The fraction of sp³-hybridized carbons (Fsp3) is 0.235. The van der Waals surface area contributed by atoms with E-state index in [1.165, 1.54) is 23.1 Å². The van der Waals surface area contributed by atoms with Gasteiger partial charge in [-0.25, -0.2) is 12.8 Å². The number of amides is 2. The van der Waals surface area contributed by atoms with E-state index in [-0.39, 0.29) is 33.6 Å². The first-order valence-corrected chi connectivity index (χ1v) is 16.9. The first-order valence-electron chi connectivity index (χ1n) is 14.3. The molecule has 46 heavy (non-hydrogen) atoms. The van der Waals surface area contributed by atoms with Gasteiger partial charge in [0.25, 0.3) is 10.0 Å². The maximum Gasteiger partial charge on any atom is 0.264 e. The molecule has 0 bridgehead atoms. The van der Waals surface area contributed by atoms with Crippen molar-refractivity contribution >= 4 is 62.3 Å². The molecule has 0 saturated carbocycles. The molecule has 0 spiro atoms. The quantitative estimate of drug-likeness (QED) is 0.175. The average molecular weight is 705 g/mol. The van der Waals surface area contributed by atoms with Crippen LogP contribution in [0.2, 0.25) is 15.1 Å². The van der Waals surface area contributed by atoms with E-state index in [1.807, 2.05) is 51.1 Å². The lowest BCUT2D eigenvalue weighted by atomic mass is 10.0. The van der Waals surface area contributed by atoms with Crippen LogP contribution in [0, 0.1) is 5.82 Å². The fourth-order valence-corrected chi connectivity index (χ4v) is 6.65. The highest BCUT2D eigenvalue weighted by molar-refractivity contribution is 7.92. The zero-order valence-electron chi connectivity index (χ0n) is 25.4. The van der Waals surface area contributed by atoms with Crippen LogP contribution in [0.5, 0.6) is 0 Å². The van der Waals surface area contributed by atoms with E-state index < -0.39 is 45.8 Å². The Labute approximate surface area is 283 Å². The van der Waals surface area contributed by atoms with E-state index in [9.17, 15) is 22.4 Å². The highest BCUT2D eigenvalue weighted by atomic mass is 35.5. The Balaban J connectivity index is 1.84. The molecule has 12 heteroatoms. The molecule has 0 unspecified atom stereocenters. The van der Waals surface area contributed by atoms with Crippen LogP contribution in [0.3, 0.4) is 0 Å². The summed E-state index contributed by atoms with van der Waals surface area (Å²) in [5.74, 6) is -1.89. The molecule has 0 heterocycles. The molecule has 4 rings (SSSR count). The van der Waals surface area contributed by atoms with Crippen LogP contribution in [0.15, 0.2) is 102 Å². The largest absolute Gasteiger partial charge is 0.350 e. The van der Waals surface area contributed by atoms with Crippen molar-refractivity contribution in [3.8, 4) is 0 Å². The monoisotopic (exact) mass is 703 g/mol. The molecule has 0 aliphatic rings. The van der Waals surface area contributed by atoms with Crippen molar-refractivity contribution in [3.63, 3.8) is 0 Å². The summed E-state index contributed by atoms with van der Waals surface area (Å²) in [4.78, 5) is 29.7. The van der Waals surface area contributed by atoms with E-state index in [2.05, 4.69) is 5.32 Å². The fourth-order valence-electron chi connectivity index (χ4n) is 4.73. The third-order valence-corrected chi connectivity index (χ3v) is 9.72. The predicted molar refractivity (Wildman–Crippen MR) is 181 cm³/mol. The van der Waals surface area contributed by atoms with Gasteiger partial charge in [0.2, 0.25) is 11.8 Å².